The highest BCUT2D eigenvalue weighted by atomic mass is 35.5. The van der Waals surface area contributed by atoms with Crippen LogP contribution >= 0.6 is 35.0 Å². The van der Waals surface area contributed by atoms with Crippen LogP contribution in [0.2, 0.25) is 10.0 Å². The molecule has 30 heavy (non-hydrogen) atoms. The van der Waals surface area contributed by atoms with Gasteiger partial charge >= 0.3 is 0 Å². The Labute approximate surface area is 187 Å². The first kappa shape index (κ1) is 20.9. The maximum Gasteiger partial charge on any atom is 0.275 e. The molecule has 0 saturated carbocycles. The summed E-state index contributed by atoms with van der Waals surface area (Å²) in [6.45, 7) is 1.87. The van der Waals surface area contributed by atoms with E-state index in [0.717, 1.165) is 17.6 Å². The SMILES string of the molecule is CCC1CSC(=Nc2ccc(Cl)c(Cl)c2)N1C(=O)Cn1ncc2ccccc2c1=O. The highest BCUT2D eigenvalue weighted by Crippen LogP contribution is 2.31. The third-order valence-electron chi connectivity index (χ3n) is 4.89. The van der Waals surface area contributed by atoms with Crippen molar-refractivity contribution in [2.24, 2.45) is 4.99 Å². The zero-order chi connectivity index (χ0) is 21.3. The Morgan fingerprint density at radius 1 is 1.23 bits per heavy atom. The molecule has 2 heterocycles. The van der Waals surface area contributed by atoms with Gasteiger partial charge in [0.25, 0.3) is 11.5 Å². The van der Waals surface area contributed by atoms with Crippen molar-refractivity contribution < 1.29 is 4.79 Å². The van der Waals surface area contributed by atoms with E-state index in [-0.39, 0.29) is 24.1 Å². The Morgan fingerprint density at radius 3 is 2.80 bits per heavy atom. The van der Waals surface area contributed by atoms with Gasteiger partial charge in [0.15, 0.2) is 5.17 Å². The average Bonchev–Trinajstić information content (AvgIpc) is 3.15. The Kier molecular flexibility index (Phi) is 6.13. The molecule has 1 fully saturated rings. The molecule has 6 nitrogen and oxygen atoms in total. The molecular weight excluding hydrogens is 443 g/mol. The molecule has 1 aliphatic rings. The standard InChI is InChI=1S/C21H18Cl2N4O2S/c1-2-15-12-30-21(25-14-7-8-17(22)18(23)9-14)27(15)19(28)11-26-20(29)16-6-4-3-5-13(16)10-24-26/h3-10,15H,2,11-12H2,1H3. The van der Waals surface area contributed by atoms with E-state index in [1.807, 2.05) is 19.1 Å². The molecule has 154 valence electrons. The smallest absolute Gasteiger partial charge is 0.275 e. The Morgan fingerprint density at radius 2 is 2.03 bits per heavy atom. The lowest BCUT2D eigenvalue weighted by molar-refractivity contribution is -0.129. The van der Waals surface area contributed by atoms with Crippen molar-refractivity contribution in [1.29, 1.82) is 0 Å². The Bertz CT molecular complexity index is 1210. The van der Waals surface area contributed by atoms with Crippen LogP contribution in [0.15, 0.2) is 58.4 Å². The highest BCUT2D eigenvalue weighted by Gasteiger charge is 2.34. The second kappa shape index (κ2) is 8.79. The van der Waals surface area contributed by atoms with Gasteiger partial charge in [0.2, 0.25) is 0 Å². The molecule has 0 bridgehead atoms. The average molecular weight is 461 g/mol. The van der Waals surface area contributed by atoms with Crippen LogP contribution in [0.5, 0.6) is 0 Å². The Hall–Kier alpha value is -2.35. The molecule has 1 unspecified atom stereocenters. The number of benzene rings is 2. The largest absolute Gasteiger partial charge is 0.286 e. The summed E-state index contributed by atoms with van der Waals surface area (Å²) in [4.78, 5) is 32.2. The fourth-order valence-corrected chi connectivity index (χ4v) is 4.86. The molecule has 1 amide bonds. The number of carbonyl (C=O) groups is 1. The molecule has 1 aromatic heterocycles. The number of fused-ring (bicyclic) bond motifs is 1. The minimum absolute atomic E-state index is 0.000167. The summed E-state index contributed by atoms with van der Waals surface area (Å²) in [6, 6.07) is 12.3. The van der Waals surface area contributed by atoms with E-state index in [2.05, 4.69) is 10.1 Å². The summed E-state index contributed by atoms with van der Waals surface area (Å²) in [5.74, 6) is 0.512. The monoisotopic (exact) mass is 460 g/mol. The summed E-state index contributed by atoms with van der Waals surface area (Å²) in [7, 11) is 0. The first-order valence-corrected chi connectivity index (χ1v) is 11.2. The summed E-state index contributed by atoms with van der Waals surface area (Å²) in [5, 5.41) is 6.89. The third kappa shape index (κ3) is 4.10. The summed E-state index contributed by atoms with van der Waals surface area (Å²) in [6.07, 6.45) is 2.38. The minimum atomic E-state index is -0.288. The van der Waals surface area contributed by atoms with Crippen LogP contribution in [-0.4, -0.2) is 37.5 Å². The van der Waals surface area contributed by atoms with Crippen LogP contribution in [0.4, 0.5) is 5.69 Å². The van der Waals surface area contributed by atoms with Crippen molar-refractivity contribution >= 4 is 62.5 Å². The number of hydrogen-bond acceptors (Lipinski definition) is 5. The zero-order valence-corrected chi connectivity index (χ0v) is 18.4. The van der Waals surface area contributed by atoms with E-state index in [0.29, 0.717) is 26.3 Å². The predicted molar refractivity (Wildman–Crippen MR) is 123 cm³/mol. The molecular formula is C21H18Cl2N4O2S. The van der Waals surface area contributed by atoms with Gasteiger partial charge < -0.3 is 0 Å². The lowest BCUT2D eigenvalue weighted by Gasteiger charge is -2.23. The van der Waals surface area contributed by atoms with Crippen LogP contribution in [0.1, 0.15) is 13.3 Å². The van der Waals surface area contributed by atoms with Crippen LogP contribution < -0.4 is 5.56 Å². The Balaban J connectivity index is 1.65. The maximum atomic E-state index is 13.2. The maximum absolute atomic E-state index is 13.2. The molecule has 0 aliphatic carbocycles. The molecule has 0 spiro atoms. The molecule has 9 heteroatoms. The van der Waals surface area contributed by atoms with E-state index in [4.69, 9.17) is 23.2 Å². The number of rotatable bonds is 4. The highest BCUT2D eigenvalue weighted by molar-refractivity contribution is 8.14. The second-order valence-electron chi connectivity index (χ2n) is 6.82. The lowest BCUT2D eigenvalue weighted by atomic mass is 10.2. The number of halogens is 2. The van der Waals surface area contributed by atoms with Gasteiger partial charge in [-0.1, -0.05) is 60.1 Å². The summed E-state index contributed by atoms with van der Waals surface area (Å²) in [5.41, 5.74) is 0.326. The van der Waals surface area contributed by atoms with Crippen molar-refractivity contribution in [2.75, 3.05) is 5.75 Å². The van der Waals surface area contributed by atoms with Gasteiger partial charge in [0.1, 0.15) is 6.54 Å². The fourth-order valence-electron chi connectivity index (χ4n) is 3.28. The van der Waals surface area contributed by atoms with Gasteiger partial charge in [-0.3, -0.25) is 14.5 Å². The molecule has 0 radical (unpaired) electrons. The van der Waals surface area contributed by atoms with Crippen LogP contribution in [0.3, 0.4) is 0 Å². The van der Waals surface area contributed by atoms with E-state index in [9.17, 15) is 9.59 Å². The van der Waals surface area contributed by atoms with E-state index in [1.165, 1.54) is 16.4 Å². The molecule has 1 aliphatic heterocycles. The van der Waals surface area contributed by atoms with Crippen molar-refractivity contribution in [3.63, 3.8) is 0 Å². The quantitative estimate of drug-likeness (QED) is 0.563. The number of hydrogen-bond donors (Lipinski definition) is 0. The minimum Gasteiger partial charge on any atom is -0.286 e. The molecule has 1 saturated heterocycles. The molecule has 0 N–H and O–H groups in total. The fraction of sp³-hybridized carbons (Fsp3) is 0.238. The molecule has 4 rings (SSSR count). The topological polar surface area (TPSA) is 67.6 Å². The zero-order valence-electron chi connectivity index (χ0n) is 16.1. The first-order chi connectivity index (χ1) is 14.5. The number of nitrogens with zero attached hydrogens (tertiary/aromatic N) is 4. The number of carbonyl (C=O) groups excluding carboxylic acids is 1. The number of aliphatic imine (C=N–C) groups is 1. The number of aromatic nitrogens is 2. The van der Waals surface area contributed by atoms with Crippen molar-refractivity contribution in [3.8, 4) is 0 Å². The first-order valence-electron chi connectivity index (χ1n) is 9.41. The lowest BCUT2D eigenvalue weighted by Crippen LogP contribution is -2.42. The summed E-state index contributed by atoms with van der Waals surface area (Å²) < 4.78 is 1.21. The van der Waals surface area contributed by atoms with Gasteiger partial charge in [-0.15, -0.1) is 0 Å². The van der Waals surface area contributed by atoms with E-state index in [1.54, 1.807) is 41.4 Å². The third-order valence-corrected chi connectivity index (χ3v) is 6.73. The van der Waals surface area contributed by atoms with Crippen molar-refractivity contribution in [2.45, 2.75) is 25.9 Å². The summed E-state index contributed by atoms with van der Waals surface area (Å²) >= 11 is 13.6. The molecule has 3 aromatic rings. The van der Waals surface area contributed by atoms with Crippen molar-refractivity contribution in [1.82, 2.24) is 14.7 Å². The van der Waals surface area contributed by atoms with E-state index < -0.39 is 0 Å². The normalized spacial score (nSPS) is 17.8. The molecule has 2 aromatic carbocycles. The van der Waals surface area contributed by atoms with Crippen LogP contribution in [0.25, 0.3) is 10.8 Å². The van der Waals surface area contributed by atoms with Crippen molar-refractivity contribution in [3.05, 3.63) is 69.1 Å². The van der Waals surface area contributed by atoms with Gasteiger partial charge in [-0.25, -0.2) is 9.67 Å². The van der Waals surface area contributed by atoms with E-state index >= 15 is 0 Å². The van der Waals surface area contributed by atoms with Gasteiger partial charge in [0, 0.05) is 17.2 Å². The number of thioether (sulfide) groups is 1. The number of amides is 1. The van der Waals surface area contributed by atoms with Gasteiger partial charge in [0.05, 0.1) is 27.3 Å². The molecule has 1 atom stereocenters. The van der Waals surface area contributed by atoms with Crippen LogP contribution in [-0.2, 0) is 11.3 Å². The van der Waals surface area contributed by atoms with Gasteiger partial charge in [-0.2, -0.15) is 5.10 Å². The number of amidine groups is 1. The van der Waals surface area contributed by atoms with Crippen LogP contribution in [0, 0.1) is 0 Å². The predicted octanol–water partition coefficient (Wildman–Crippen LogP) is 4.75. The van der Waals surface area contributed by atoms with Gasteiger partial charge in [-0.05, 0) is 30.7 Å². The second-order valence-corrected chi connectivity index (χ2v) is 8.63.